The molecule has 1 aromatic carbocycles. The topological polar surface area (TPSA) is 42.2 Å². The highest BCUT2D eigenvalue weighted by molar-refractivity contribution is 5.94. The molecule has 2 rings (SSSR count). The van der Waals surface area contributed by atoms with Gasteiger partial charge in [0, 0.05) is 12.4 Å². The second-order valence-electron chi connectivity index (χ2n) is 3.41. The number of nitrogens with zero attached hydrogens (tertiary/aromatic N) is 1. The zero-order chi connectivity index (χ0) is 10.3. The van der Waals surface area contributed by atoms with Gasteiger partial charge >= 0.3 is 0 Å². The van der Waals surface area contributed by atoms with E-state index in [4.69, 9.17) is 0 Å². The second kappa shape index (κ2) is 2.87. The number of hydrogen-bond donors (Lipinski definition) is 1. The van der Waals surface area contributed by atoms with E-state index < -0.39 is 0 Å². The number of aldehydes is 1. The van der Waals surface area contributed by atoms with Gasteiger partial charge < -0.3 is 9.67 Å². The molecule has 14 heavy (non-hydrogen) atoms. The zero-order valence-electron chi connectivity index (χ0n) is 8.11. The molecule has 0 fully saturated rings. The molecule has 2 aromatic rings. The number of aromatic hydroxyl groups is 1. The van der Waals surface area contributed by atoms with Crippen molar-refractivity contribution in [1.82, 2.24) is 4.57 Å². The molecule has 0 atom stereocenters. The second-order valence-corrected chi connectivity index (χ2v) is 3.41. The van der Waals surface area contributed by atoms with Gasteiger partial charge in [-0.25, -0.2) is 0 Å². The third-order valence-electron chi connectivity index (χ3n) is 2.53. The van der Waals surface area contributed by atoms with E-state index in [9.17, 15) is 9.90 Å². The number of carbonyl (C=O) groups is 1. The number of rotatable bonds is 1. The van der Waals surface area contributed by atoms with Gasteiger partial charge in [-0.2, -0.15) is 0 Å². The van der Waals surface area contributed by atoms with Crippen LogP contribution in [0.5, 0.6) is 5.75 Å². The van der Waals surface area contributed by atoms with Crippen LogP contribution in [0.15, 0.2) is 18.2 Å². The molecule has 0 saturated heterocycles. The molecule has 1 heterocycles. The van der Waals surface area contributed by atoms with Crippen LogP contribution in [0.25, 0.3) is 10.9 Å². The average Bonchev–Trinajstić information content (AvgIpc) is 2.51. The monoisotopic (exact) mass is 189 g/mol. The average molecular weight is 189 g/mol. The van der Waals surface area contributed by atoms with E-state index in [0.717, 1.165) is 22.8 Å². The lowest BCUT2D eigenvalue weighted by atomic mass is 10.1. The van der Waals surface area contributed by atoms with Crippen molar-refractivity contribution in [2.75, 3.05) is 0 Å². The summed E-state index contributed by atoms with van der Waals surface area (Å²) in [4.78, 5) is 10.7. The fourth-order valence-electron chi connectivity index (χ4n) is 1.78. The SMILES string of the molecule is Cc1ccc(O)c2cc(C=O)n(C)c12. The predicted octanol–water partition coefficient (Wildman–Crippen LogP) is 2.00. The normalized spacial score (nSPS) is 10.7. The summed E-state index contributed by atoms with van der Waals surface area (Å²) >= 11 is 0. The van der Waals surface area contributed by atoms with Crippen molar-refractivity contribution in [3.8, 4) is 5.75 Å². The molecule has 1 aromatic heterocycles. The Kier molecular flexibility index (Phi) is 1.81. The molecule has 0 aliphatic heterocycles. The summed E-state index contributed by atoms with van der Waals surface area (Å²) in [6, 6.07) is 5.18. The molecule has 0 amide bonds. The largest absolute Gasteiger partial charge is 0.507 e. The lowest BCUT2D eigenvalue weighted by Crippen LogP contribution is -1.94. The van der Waals surface area contributed by atoms with Crippen molar-refractivity contribution in [3.63, 3.8) is 0 Å². The van der Waals surface area contributed by atoms with Crippen LogP contribution in [0.4, 0.5) is 0 Å². The van der Waals surface area contributed by atoms with Gasteiger partial charge in [-0.15, -0.1) is 0 Å². The Morgan fingerprint density at radius 3 is 2.71 bits per heavy atom. The summed E-state index contributed by atoms with van der Waals surface area (Å²) in [7, 11) is 1.82. The van der Waals surface area contributed by atoms with Gasteiger partial charge in [0.1, 0.15) is 5.75 Å². The summed E-state index contributed by atoms with van der Waals surface area (Å²) in [5.74, 6) is 0.217. The maximum atomic E-state index is 10.7. The highest BCUT2D eigenvalue weighted by Crippen LogP contribution is 2.29. The summed E-state index contributed by atoms with van der Waals surface area (Å²) < 4.78 is 1.79. The summed E-state index contributed by atoms with van der Waals surface area (Å²) in [6.45, 7) is 1.95. The highest BCUT2D eigenvalue weighted by Gasteiger charge is 2.10. The van der Waals surface area contributed by atoms with Crippen LogP contribution in [0, 0.1) is 6.92 Å². The standard InChI is InChI=1S/C11H11NO2/c1-7-3-4-10(14)9-5-8(6-13)12(2)11(7)9/h3-6,14H,1-2H3. The fraction of sp³-hybridized carbons (Fsp3) is 0.182. The van der Waals surface area contributed by atoms with Crippen molar-refractivity contribution in [1.29, 1.82) is 0 Å². The Bertz CT molecular complexity index is 511. The molecule has 3 nitrogen and oxygen atoms in total. The van der Waals surface area contributed by atoms with Gasteiger partial charge in [0.05, 0.1) is 11.2 Å². The number of benzene rings is 1. The number of phenols is 1. The number of hydrogen-bond acceptors (Lipinski definition) is 2. The van der Waals surface area contributed by atoms with Crippen LogP contribution in [-0.2, 0) is 7.05 Å². The molecule has 0 spiro atoms. The molecule has 0 unspecified atom stereocenters. The minimum atomic E-state index is 0.217. The molecule has 0 aliphatic rings. The van der Waals surface area contributed by atoms with Gasteiger partial charge in [-0.05, 0) is 24.6 Å². The zero-order valence-corrected chi connectivity index (χ0v) is 8.11. The van der Waals surface area contributed by atoms with Gasteiger partial charge in [-0.1, -0.05) is 6.07 Å². The third-order valence-corrected chi connectivity index (χ3v) is 2.53. The molecule has 1 N–H and O–H groups in total. The maximum absolute atomic E-state index is 10.7. The summed E-state index contributed by atoms with van der Waals surface area (Å²) in [5, 5.41) is 10.3. The molecular weight excluding hydrogens is 178 g/mol. The Labute approximate surface area is 81.6 Å². The van der Waals surface area contributed by atoms with Crippen molar-refractivity contribution in [2.45, 2.75) is 6.92 Å². The van der Waals surface area contributed by atoms with E-state index in [1.807, 2.05) is 20.0 Å². The van der Waals surface area contributed by atoms with Crippen molar-refractivity contribution >= 4 is 17.2 Å². The number of fused-ring (bicyclic) bond motifs is 1. The molecule has 0 aliphatic carbocycles. The van der Waals surface area contributed by atoms with E-state index in [-0.39, 0.29) is 5.75 Å². The van der Waals surface area contributed by atoms with Crippen LogP contribution < -0.4 is 0 Å². The van der Waals surface area contributed by atoms with Crippen molar-refractivity contribution in [3.05, 3.63) is 29.5 Å². The first-order valence-corrected chi connectivity index (χ1v) is 4.38. The predicted molar refractivity (Wildman–Crippen MR) is 54.7 cm³/mol. The Balaban J connectivity index is 2.97. The lowest BCUT2D eigenvalue weighted by Gasteiger charge is -2.02. The Morgan fingerprint density at radius 2 is 2.14 bits per heavy atom. The van der Waals surface area contributed by atoms with Gasteiger partial charge in [0.2, 0.25) is 0 Å². The quantitative estimate of drug-likeness (QED) is 0.697. The summed E-state index contributed by atoms with van der Waals surface area (Å²) in [5.41, 5.74) is 2.53. The smallest absolute Gasteiger partial charge is 0.166 e. The van der Waals surface area contributed by atoms with Crippen LogP contribution in [0.1, 0.15) is 16.1 Å². The molecular formula is C11H11NO2. The minimum Gasteiger partial charge on any atom is -0.507 e. The first-order valence-electron chi connectivity index (χ1n) is 4.38. The van der Waals surface area contributed by atoms with E-state index in [2.05, 4.69) is 0 Å². The van der Waals surface area contributed by atoms with Crippen LogP contribution in [0.2, 0.25) is 0 Å². The molecule has 0 saturated carbocycles. The van der Waals surface area contributed by atoms with Crippen LogP contribution in [0.3, 0.4) is 0 Å². The number of phenolic OH excluding ortho intramolecular Hbond substituents is 1. The minimum absolute atomic E-state index is 0.217. The Hall–Kier alpha value is -1.77. The van der Waals surface area contributed by atoms with Gasteiger partial charge in [0.25, 0.3) is 0 Å². The Morgan fingerprint density at radius 1 is 1.43 bits per heavy atom. The fourth-order valence-corrected chi connectivity index (χ4v) is 1.78. The number of carbonyl (C=O) groups excluding carboxylic acids is 1. The highest BCUT2D eigenvalue weighted by atomic mass is 16.3. The molecule has 72 valence electrons. The van der Waals surface area contributed by atoms with Gasteiger partial charge in [0.15, 0.2) is 6.29 Å². The number of aromatic nitrogens is 1. The van der Waals surface area contributed by atoms with E-state index >= 15 is 0 Å². The van der Waals surface area contributed by atoms with Crippen molar-refractivity contribution in [2.24, 2.45) is 7.05 Å². The van der Waals surface area contributed by atoms with E-state index in [1.54, 1.807) is 16.7 Å². The lowest BCUT2D eigenvalue weighted by molar-refractivity contribution is 0.111. The maximum Gasteiger partial charge on any atom is 0.166 e. The molecule has 0 bridgehead atoms. The molecule has 3 heteroatoms. The van der Waals surface area contributed by atoms with Gasteiger partial charge in [-0.3, -0.25) is 4.79 Å². The third kappa shape index (κ3) is 1.02. The first-order chi connectivity index (χ1) is 6.65. The van der Waals surface area contributed by atoms with Crippen LogP contribution >= 0.6 is 0 Å². The number of aryl methyl sites for hydroxylation is 2. The van der Waals surface area contributed by atoms with Crippen LogP contribution in [-0.4, -0.2) is 16.0 Å². The summed E-state index contributed by atoms with van der Waals surface area (Å²) in [6.07, 6.45) is 0.791. The van der Waals surface area contributed by atoms with Crippen molar-refractivity contribution < 1.29 is 9.90 Å². The van der Waals surface area contributed by atoms with E-state index in [0.29, 0.717) is 5.69 Å². The molecule has 0 radical (unpaired) electrons. The first kappa shape index (κ1) is 8.81. The van der Waals surface area contributed by atoms with E-state index in [1.165, 1.54) is 0 Å².